The normalized spacial score (nSPS) is 19.7. The Morgan fingerprint density at radius 3 is 2.65 bits per heavy atom. The molecule has 132 valence electrons. The Bertz CT molecular complexity index is 934. The molecule has 1 fully saturated rings. The number of aliphatic imine (C=N–C) groups is 1. The number of cyclic esters (lactones) is 1. The molecule has 1 N–H and O–H groups in total. The largest absolute Gasteiger partial charge is 0.481 e. The quantitative estimate of drug-likeness (QED) is 0.680. The van der Waals surface area contributed by atoms with Crippen molar-refractivity contribution in [3.8, 4) is 0 Å². The van der Waals surface area contributed by atoms with E-state index in [1.165, 1.54) is 0 Å². The molecule has 0 aliphatic carbocycles. The number of piperidine rings is 1. The van der Waals surface area contributed by atoms with E-state index < -0.39 is 11.9 Å². The minimum atomic E-state index is -0.756. The summed E-state index contributed by atoms with van der Waals surface area (Å²) < 4.78 is 5.39. The van der Waals surface area contributed by atoms with Crippen LogP contribution in [-0.2, 0) is 14.3 Å². The number of aliphatic carboxylic acids is 1. The summed E-state index contributed by atoms with van der Waals surface area (Å²) in [5.74, 6) is -1.24. The van der Waals surface area contributed by atoms with Crippen LogP contribution in [0.5, 0.6) is 0 Å². The van der Waals surface area contributed by atoms with E-state index in [0.29, 0.717) is 31.8 Å². The monoisotopic (exact) mass is 350 g/mol. The average molecular weight is 350 g/mol. The maximum atomic E-state index is 12.2. The van der Waals surface area contributed by atoms with Crippen LogP contribution in [0.25, 0.3) is 10.8 Å². The number of benzene rings is 2. The average Bonchev–Trinajstić information content (AvgIpc) is 3.02. The third-order valence-electron chi connectivity index (χ3n) is 4.82. The summed E-state index contributed by atoms with van der Waals surface area (Å²) in [6.07, 6.45) is 2.81. The third-order valence-corrected chi connectivity index (χ3v) is 4.82. The van der Waals surface area contributed by atoms with Gasteiger partial charge >= 0.3 is 11.9 Å². The fourth-order valence-corrected chi connectivity index (χ4v) is 3.38. The summed E-state index contributed by atoms with van der Waals surface area (Å²) in [7, 11) is 0. The molecular weight excluding hydrogens is 332 g/mol. The molecule has 2 heterocycles. The van der Waals surface area contributed by atoms with E-state index in [9.17, 15) is 9.59 Å². The van der Waals surface area contributed by atoms with Crippen molar-refractivity contribution in [2.24, 2.45) is 10.9 Å². The van der Waals surface area contributed by atoms with Gasteiger partial charge in [-0.3, -0.25) is 4.79 Å². The fourth-order valence-electron chi connectivity index (χ4n) is 3.38. The lowest BCUT2D eigenvalue weighted by molar-refractivity contribution is -0.143. The van der Waals surface area contributed by atoms with Crippen molar-refractivity contribution >= 4 is 28.6 Å². The highest BCUT2D eigenvalue weighted by molar-refractivity contribution is 6.16. The van der Waals surface area contributed by atoms with Gasteiger partial charge in [0.05, 0.1) is 5.92 Å². The van der Waals surface area contributed by atoms with E-state index >= 15 is 0 Å². The molecule has 2 aromatic carbocycles. The topological polar surface area (TPSA) is 79.2 Å². The van der Waals surface area contributed by atoms with Gasteiger partial charge in [-0.15, -0.1) is 0 Å². The maximum absolute atomic E-state index is 12.2. The first kappa shape index (κ1) is 16.3. The van der Waals surface area contributed by atoms with Gasteiger partial charge in [0.2, 0.25) is 5.90 Å². The number of carbonyl (C=O) groups excluding carboxylic acids is 1. The van der Waals surface area contributed by atoms with Crippen molar-refractivity contribution in [2.45, 2.75) is 12.8 Å². The molecule has 0 aromatic heterocycles. The number of nitrogens with zero attached hydrogens (tertiary/aromatic N) is 2. The molecule has 0 radical (unpaired) electrons. The number of esters is 1. The molecular formula is C20H18N2O4. The van der Waals surface area contributed by atoms with E-state index in [0.717, 1.165) is 16.3 Å². The summed E-state index contributed by atoms with van der Waals surface area (Å²) in [5.41, 5.74) is 1.03. The Balaban J connectivity index is 1.59. The molecule has 4 rings (SSSR count). The number of carboxylic acids is 1. The first-order chi connectivity index (χ1) is 12.6. The standard InChI is InChI=1S/C20H18N2O4/c23-19(24)14-8-10-22(11-9-14)12-17-20(25)26-18(21-17)16-7-3-5-13-4-1-2-6-15(13)16/h1-7,12,14H,8-11H2,(H,23,24). The van der Waals surface area contributed by atoms with Gasteiger partial charge in [-0.2, -0.15) is 0 Å². The lowest BCUT2D eigenvalue weighted by Gasteiger charge is -2.28. The minimum absolute atomic E-state index is 0.252. The highest BCUT2D eigenvalue weighted by atomic mass is 16.6. The molecule has 0 saturated carbocycles. The van der Waals surface area contributed by atoms with Crippen molar-refractivity contribution in [3.63, 3.8) is 0 Å². The van der Waals surface area contributed by atoms with Crippen LogP contribution in [0, 0.1) is 5.92 Å². The smallest absolute Gasteiger partial charge is 0.365 e. The summed E-state index contributed by atoms with van der Waals surface area (Å²) in [4.78, 5) is 29.6. The van der Waals surface area contributed by atoms with Crippen LogP contribution < -0.4 is 0 Å². The van der Waals surface area contributed by atoms with Crippen LogP contribution in [0.1, 0.15) is 18.4 Å². The van der Waals surface area contributed by atoms with Gasteiger partial charge in [-0.25, -0.2) is 9.79 Å². The molecule has 26 heavy (non-hydrogen) atoms. The Hall–Kier alpha value is -3.15. The molecule has 0 amide bonds. The van der Waals surface area contributed by atoms with Crippen molar-refractivity contribution in [1.29, 1.82) is 0 Å². The van der Waals surface area contributed by atoms with Crippen molar-refractivity contribution < 1.29 is 19.4 Å². The maximum Gasteiger partial charge on any atom is 0.365 e. The number of hydrogen-bond donors (Lipinski definition) is 1. The highest BCUT2D eigenvalue weighted by Crippen LogP contribution is 2.25. The second-order valence-electron chi connectivity index (χ2n) is 6.50. The molecule has 2 aromatic rings. The zero-order valence-corrected chi connectivity index (χ0v) is 14.1. The third kappa shape index (κ3) is 3.06. The van der Waals surface area contributed by atoms with Gasteiger partial charge in [-0.05, 0) is 29.7 Å². The Labute approximate surface area is 150 Å². The lowest BCUT2D eigenvalue weighted by Crippen LogP contribution is -2.33. The van der Waals surface area contributed by atoms with Gasteiger partial charge in [0.1, 0.15) is 0 Å². The van der Waals surface area contributed by atoms with E-state index in [-0.39, 0.29) is 11.6 Å². The molecule has 0 atom stereocenters. The van der Waals surface area contributed by atoms with E-state index in [4.69, 9.17) is 9.84 Å². The number of carboxylic acid groups (broad SMARTS) is 1. The molecule has 0 unspecified atom stereocenters. The molecule has 2 aliphatic rings. The van der Waals surface area contributed by atoms with Crippen molar-refractivity contribution in [3.05, 3.63) is 59.9 Å². The summed E-state index contributed by atoms with van der Waals surface area (Å²) >= 11 is 0. The predicted molar refractivity (Wildman–Crippen MR) is 96.6 cm³/mol. The number of hydrogen-bond acceptors (Lipinski definition) is 5. The van der Waals surface area contributed by atoms with Crippen LogP contribution >= 0.6 is 0 Å². The van der Waals surface area contributed by atoms with Gasteiger partial charge in [0.25, 0.3) is 0 Å². The Morgan fingerprint density at radius 1 is 1.15 bits per heavy atom. The second kappa shape index (κ2) is 6.63. The van der Waals surface area contributed by atoms with Gasteiger partial charge in [-0.1, -0.05) is 36.4 Å². The first-order valence-corrected chi connectivity index (χ1v) is 8.59. The zero-order chi connectivity index (χ0) is 18.1. The SMILES string of the molecule is O=C1OC(c2cccc3ccccc23)=NC1=CN1CCC(C(=O)O)CC1. The van der Waals surface area contributed by atoms with Gasteiger partial charge in [0, 0.05) is 24.9 Å². The predicted octanol–water partition coefficient (Wildman–Crippen LogP) is 2.78. The van der Waals surface area contributed by atoms with Crippen molar-refractivity contribution in [2.75, 3.05) is 13.1 Å². The number of carbonyl (C=O) groups is 2. The van der Waals surface area contributed by atoms with Crippen LogP contribution in [0.15, 0.2) is 59.4 Å². The molecule has 1 saturated heterocycles. The van der Waals surface area contributed by atoms with E-state index in [2.05, 4.69) is 4.99 Å². The lowest BCUT2D eigenvalue weighted by atomic mass is 9.97. The Morgan fingerprint density at radius 2 is 1.88 bits per heavy atom. The van der Waals surface area contributed by atoms with Crippen LogP contribution in [-0.4, -0.2) is 40.9 Å². The number of ether oxygens (including phenoxy) is 1. The molecule has 6 heteroatoms. The molecule has 0 spiro atoms. The highest BCUT2D eigenvalue weighted by Gasteiger charge is 2.28. The van der Waals surface area contributed by atoms with Crippen LogP contribution in [0.3, 0.4) is 0 Å². The molecule has 6 nitrogen and oxygen atoms in total. The van der Waals surface area contributed by atoms with E-state index in [1.807, 2.05) is 47.4 Å². The zero-order valence-electron chi connectivity index (χ0n) is 14.1. The summed E-state index contributed by atoms with van der Waals surface area (Å²) in [6, 6.07) is 13.7. The number of fused-ring (bicyclic) bond motifs is 1. The van der Waals surface area contributed by atoms with Crippen LogP contribution in [0.2, 0.25) is 0 Å². The number of likely N-dealkylation sites (tertiary alicyclic amines) is 1. The fraction of sp³-hybridized carbons (Fsp3) is 0.250. The molecule has 0 bridgehead atoms. The molecule has 2 aliphatic heterocycles. The van der Waals surface area contributed by atoms with Gasteiger partial charge in [0.15, 0.2) is 5.70 Å². The van der Waals surface area contributed by atoms with Crippen LogP contribution in [0.4, 0.5) is 0 Å². The second-order valence-corrected chi connectivity index (χ2v) is 6.50. The summed E-state index contributed by atoms with van der Waals surface area (Å²) in [5, 5.41) is 11.1. The van der Waals surface area contributed by atoms with E-state index in [1.54, 1.807) is 6.20 Å². The van der Waals surface area contributed by atoms with Crippen molar-refractivity contribution in [1.82, 2.24) is 4.90 Å². The van der Waals surface area contributed by atoms with Gasteiger partial charge < -0.3 is 14.7 Å². The Kier molecular flexibility index (Phi) is 4.16. The first-order valence-electron chi connectivity index (χ1n) is 8.59. The number of rotatable bonds is 3. The summed E-state index contributed by atoms with van der Waals surface area (Å²) in [6.45, 7) is 1.18. The minimum Gasteiger partial charge on any atom is -0.481 e.